The van der Waals surface area contributed by atoms with Crippen LogP contribution in [-0.4, -0.2) is 46.3 Å². The van der Waals surface area contributed by atoms with Gasteiger partial charge in [-0.15, -0.1) is 0 Å². The van der Waals surface area contributed by atoms with Crippen molar-refractivity contribution in [3.8, 4) is 0 Å². The Morgan fingerprint density at radius 2 is 1.96 bits per heavy atom. The van der Waals surface area contributed by atoms with Gasteiger partial charge in [0.1, 0.15) is 0 Å². The minimum absolute atomic E-state index is 0.0810. The molecule has 0 atom stereocenters. The van der Waals surface area contributed by atoms with Gasteiger partial charge >= 0.3 is 5.97 Å². The maximum absolute atomic E-state index is 12.9. The Morgan fingerprint density at radius 3 is 2.63 bits per heavy atom. The van der Waals surface area contributed by atoms with Crippen molar-refractivity contribution in [2.75, 3.05) is 19.7 Å². The molecule has 1 aliphatic carbocycles. The standard InChI is InChI=1S/C20H25N3O4/c1-3-27-19(25)10-11-23(13-14-8-9-14)18(24)12-17-15-6-4-5-7-16(15)20(26)22(2)21-17/h4-7,14H,3,8-13H2,1-2H3. The fraction of sp³-hybridized carbons (Fsp3) is 0.500. The Morgan fingerprint density at radius 1 is 1.26 bits per heavy atom. The van der Waals surface area contributed by atoms with Crippen LogP contribution in [0.2, 0.25) is 0 Å². The maximum Gasteiger partial charge on any atom is 0.307 e. The normalized spacial score (nSPS) is 13.6. The first-order valence-corrected chi connectivity index (χ1v) is 9.38. The molecule has 3 rings (SSSR count). The van der Waals surface area contributed by atoms with E-state index in [4.69, 9.17) is 4.74 Å². The van der Waals surface area contributed by atoms with Gasteiger partial charge < -0.3 is 9.64 Å². The Hall–Kier alpha value is -2.70. The van der Waals surface area contributed by atoms with Gasteiger partial charge in [-0.3, -0.25) is 14.4 Å². The quantitative estimate of drug-likeness (QED) is 0.659. The molecule has 0 aliphatic heterocycles. The zero-order valence-corrected chi connectivity index (χ0v) is 15.8. The summed E-state index contributed by atoms with van der Waals surface area (Å²) >= 11 is 0. The Kier molecular flexibility index (Phi) is 5.88. The van der Waals surface area contributed by atoms with Gasteiger partial charge in [-0.25, -0.2) is 4.68 Å². The highest BCUT2D eigenvalue weighted by atomic mass is 16.5. The van der Waals surface area contributed by atoms with Crippen LogP contribution in [0.3, 0.4) is 0 Å². The number of amides is 1. The van der Waals surface area contributed by atoms with E-state index in [1.165, 1.54) is 4.68 Å². The molecule has 0 N–H and O–H groups in total. The van der Waals surface area contributed by atoms with Gasteiger partial charge in [0.25, 0.3) is 5.56 Å². The largest absolute Gasteiger partial charge is 0.466 e. The lowest BCUT2D eigenvalue weighted by Crippen LogP contribution is -2.36. The fourth-order valence-electron chi connectivity index (χ4n) is 3.15. The molecule has 0 unspecified atom stereocenters. The van der Waals surface area contributed by atoms with Crippen molar-refractivity contribution < 1.29 is 14.3 Å². The lowest BCUT2D eigenvalue weighted by molar-refractivity contribution is -0.144. The predicted molar refractivity (Wildman–Crippen MR) is 101 cm³/mol. The van der Waals surface area contributed by atoms with E-state index in [0.717, 1.165) is 12.8 Å². The van der Waals surface area contributed by atoms with Gasteiger partial charge in [-0.1, -0.05) is 18.2 Å². The van der Waals surface area contributed by atoms with E-state index in [-0.39, 0.29) is 30.3 Å². The number of hydrogen-bond donors (Lipinski definition) is 0. The van der Waals surface area contributed by atoms with Crippen LogP contribution in [0.4, 0.5) is 0 Å². The van der Waals surface area contributed by atoms with E-state index in [1.807, 2.05) is 12.1 Å². The molecular formula is C20H25N3O4. The number of nitrogens with zero attached hydrogens (tertiary/aromatic N) is 3. The number of aryl methyl sites for hydroxylation is 1. The minimum Gasteiger partial charge on any atom is -0.466 e. The number of benzene rings is 1. The molecule has 1 amide bonds. The molecule has 1 saturated carbocycles. The second-order valence-electron chi connectivity index (χ2n) is 6.94. The number of esters is 1. The molecular weight excluding hydrogens is 346 g/mol. The molecule has 1 aliphatic rings. The van der Waals surface area contributed by atoms with Gasteiger partial charge in [0.15, 0.2) is 0 Å². The smallest absolute Gasteiger partial charge is 0.307 e. The van der Waals surface area contributed by atoms with E-state index in [0.29, 0.717) is 42.1 Å². The first-order chi connectivity index (χ1) is 13.0. The molecule has 1 aromatic carbocycles. The lowest BCUT2D eigenvalue weighted by Gasteiger charge is -2.22. The highest BCUT2D eigenvalue weighted by molar-refractivity contribution is 5.88. The number of carbonyl (C=O) groups excluding carboxylic acids is 2. The molecule has 0 spiro atoms. The molecule has 27 heavy (non-hydrogen) atoms. The average molecular weight is 371 g/mol. The van der Waals surface area contributed by atoms with Crippen LogP contribution < -0.4 is 5.56 Å². The van der Waals surface area contributed by atoms with Crippen molar-refractivity contribution in [1.29, 1.82) is 0 Å². The molecule has 0 radical (unpaired) electrons. The molecule has 144 valence electrons. The molecule has 0 bridgehead atoms. The SMILES string of the molecule is CCOC(=O)CCN(CC1CC1)C(=O)Cc1nn(C)c(=O)c2ccccc12. The molecule has 0 saturated heterocycles. The summed E-state index contributed by atoms with van der Waals surface area (Å²) in [4.78, 5) is 38.6. The van der Waals surface area contributed by atoms with E-state index in [1.54, 1.807) is 31.0 Å². The molecule has 1 heterocycles. The predicted octanol–water partition coefficient (Wildman–Crippen LogP) is 1.67. The number of carbonyl (C=O) groups is 2. The second kappa shape index (κ2) is 8.33. The molecule has 7 heteroatoms. The third-order valence-electron chi connectivity index (χ3n) is 4.77. The van der Waals surface area contributed by atoms with E-state index in [2.05, 4.69) is 5.10 Å². The number of hydrogen-bond acceptors (Lipinski definition) is 5. The van der Waals surface area contributed by atoms with Crippen LogP contribution >= 0.6 is 0 Å². The summed E-state index contributed by atoms with van der Waals surface area (Å²) in [6.45, 7) is 3.10. The number of ether oxygens (including phenoxy) is 1. The summed E-state index contributed by atoms with van der Waals surface area (Å²) in [5, 5.41) is 5.56. The Labute approximate surface area is 157 Å². The highest BCUT2D eigenvalue weighted by Crippen LogP contribution is 2.30. The van der Waals surface area contributed by atoms with Gasteiger partial charge in [0.2, 0.25) is 5.91 Å². The van der Waals surface area contributed by atoms with Crippen molar-refractivity contribution in [2.24, 2.45) is 13.0 Å². The van der Waals surface area contributed by atoms with Crippen LogP contribution in [0.5, 0.6) is 0 Å². The maximum atomic E-state index is 12.9. The van der Waals surface area contributed by atoms with E-state index >= 15 is 0 Å². The summed E-state index contributed by atoms with van der Waals surface area (Å²) in [6, 6.07) is 7.19. The molecule has 2 aromatic rings. The molecule has 1 fully saturated rings. The van der Waals surface area contributed by atoms with Gasteiger partial charge in [-0.2, -0.15) is 5.10 Å². The van der Waals surface area contributed by atoms with Crippen molar-refractivity contribution in [2.45, 2.75) is 32.6 Å². The topological polar surface area (TPSA) is 81.5 Å². The molecule has 1 aromatic heterocycles. The lowest BCUT2D eigenvalue weighted by atomic mass is 10.1. The average Bonchev–Trinajstić information content (AvgIpc) is 3.47. The van der Waals surface area contributed by atoms with Gasteiger partial charge in [0.05, 0.1) is 30.5 Å². The number of fused-ring (bicyclic) bond motifs is 1. The third-order valence-corrected chi connectivity index (χ3v) is 4.77. The van der Waals surface area contributed by atoms with E-state index < -0.39 is 0 Å². The third kappa shape index (κ3) is 4.72. The Balaban J connectivity index is 1.78. The summed E-state index contributed by atoms with van der Waals surface area (Å²) in [5.41, 5.74) is 0.397. The zero-order valence-electron chi connectivity index (χ0n) is 15.8. The number of rotatable bonds is 8. The van der Waals surface area contributed by atoms with Crippen molar-refractivity contribution in [3.63, 3.8) is 0 Å². The zero-order chi connectivity index (χ0) is 19.4. The molecule has 7 nitrogen and oxygen atoms in total. The van der Waals surface area contributed by atoms with Crippen LogP contribution in [0.15, 0.2) is 29.1 Å². The first kappa shape index (κ1) is 19.1. The van der Waals surface area contributed by atoms with E-state index in [9.17, 15) is 14.4 Å². The summed E-state index contributed by atoms with van der Waals surface area (Å²) in [5.74, 6) is 0.139. The number of aromatic nitrogens is 2. The van der Waals surface area contributed by atoms with Gasteiger partial charge in [-0.05, 0) is 31.7 Å². The minimum atomic E-state index is -0.295. The first-order valence-electron chi connectivity index (χ1n) is 9.38. The van der Waals surface area contributed by atoms with Crippen LogP contribution in [-0.2, 0) is 27.8 Å². The summed E-state index contributed by atoms with van der Waals surface area (Å²) in [7, 11) is 1.59. The van der Waals surface area contributed by atoms with Crippen LogP contribution in [0.1, 0.15) is 31.9 Å². The summed E-state index contributed by atoms with van der Waals surface area (Å²) < 4.78 is 6.24. The van der Waals surface area contributed by atoms with Crippen molar-refractivity contribution in [3.05, 3.63) is 40.3 Å². The highest BCUT2D eigenvalue weighted by Gasteiger charge is 2.27. The van der Waals surface area contributed by atoms with Crippen LogP contribution in [0.25, 0.3) is 10.8 Å². The Bertz CT molecular complexity index is 902. The summed E-state index contributed by atoms with van der Waals surface area (Å²) in [6.07, 6.45) is 2.52. The van der Waals surface area contributed by atoms with Gasteiger partial charge in [0, 0.05) is 25.5 Å². The van der Waals surface area contributed by atoms with Crippen LogP contribution in [0, 0.1) is 5.92 Å². The monoisotopic (exact) mass is 371 g/mol. The van der Waals surface area contributed by atoms with Crippen molar-refractivity contribution >= 4 is 22.6 Å². The fourth-order valence-corrected chi connectivity index (χ4v) is 3.15. The second-order valence-corrected chi connectivity index (χ2v) is 6.94. The van der Waals surface area contributed by atoms with Crippen molar-refractivity contribution in [1.82, 2.24) is 14.7 Å².